The number of nitrogens with one attached hydrogen (secondary N) is 1. The molecule has 2 heterocycles. The summed E-state index contributed by atoms with van der Waals surface area (Å²) in [5.74, 6) is 0.175. The summed E-state index contributed by atoms with van der Waals surface area (Å²) in [6.07, 6.45) is 0.296. The Morgan fingerprint density at radius 3 is 2.00 bits per heavy atom. The Balaban J connectivity index is 0.000000186. The van der Waals surface area contributed by atoms with Gasteiger partial charge in [-0.05, 0) is 12.1 Å². The van der Waals surface area contributed by atoms with Gasteiger partial charge < -0.3 is 10.4 Å². The van der Waals surface area contributed by atoms with Crippen molar-refractivity contribution in [2.24, 2.45) is 0 Å². The number of imide groups is 1. The lowest BCUT2D eigenvalue weighted by molar-refractivity contribution is -0.384. The van der Waals surface area contributed by atoms with Crippen molar-refractivity contribution < 1.29 is 24.8 Å². The molecule has 2 saturated heterocycles. The number of carbonyl (C=O) groups excluding carboxylic acids is 2. The van der Waals surface area contributed by atoms with Crippen LogP contribution >= 0.6 is 24.0 Å². The molecule has 3 N–H and O–H groups in total. The molecular weight excluding hydrogens is 358 g/mol. The number of thioether (sulfide) groups is 1. The number of hydrogen-bond acceptors (Lipinski definition) is 8. The van der Waals surface area contributed by atoms with E-state index in [1.807, 2.05) is 0 Å². The van der Waals surface area contributed by atoms with Crippen LogP contribution in [0.25, 0.3) is 0 Å². The first-order valence-corrected chi connectivity index (χ1v) is 8.09. The number of non-ortho nitro benzene ring substituents is 1. The first-order chi connectivity index (χ1) is 11.3. The van der Waals surface area contributed by atoms with Crippen LogP contribution in [0, 0.1) is 10.1 Å². The minimum absolute atomic E-state index is 0.0159. The lowest BCUT2D eigenvalue weighted by Crippen LogP contribution is -2.24. The van der Waals surface area contributed by atoms with Crippen molar-refractivity contribution in [2.45, 2.75) is 12.8 Å². The van der Waals surface area contributed by atoms with Crippen molar-refractivity contribution >= 4 is 45.8 Å². The molecule has 0 spiro atoms. The van der Waals surface area contributed by atoms with Gasteiger partial charge in [0.1, 0.15) is 10.1 Å². The number of phenolic OH excluding ortho intramolecular Hbond substituents is 1. The molecule has 130 valence electrons. The molecule has 1 aromatic rings. The largest absolute Gasteiger partial charge is 0.508 e. The molecule has 0 saturated carbocycles. The Morgan fingerprint density at radius 2 is 1.75 bits per heavy atom. The second-order valence-electron chi connectivity index (χ2n) is 4.44. The fourth-order valence-corrected chi connectivity index (χ4v) is 2.43. The molecule has 2 amide bonds. The number of nitro groups is 1. The maximum Gasteiger partial charge on any atom is 0.269 e. The molecular formula is C13H15N3O6S2. The highest BCUT2D eigenvalue weighted by Crippen LogP contribution is 2.15. The molecule has 0 aromatic heterocycles. The van der Waals surface area contributed by atoms with E-state index < -0.39 is 16.7 Å². The van der Waals surface area contributed by atoms with E-state index in [2.05, 4.69) is 5.32 Å². The molecule has 0 aliphatic carbocycles. The third kappa shape index (κ3) is 6.89. The molecule has 0 bridgehead atoms. The highest BCUT2D eigenvalue weighted by molar-refractivity contribution is 8.23. The van der Waals surface area contributed by atoms with Gasteiger partial charge in [0, 0.05) is 37.3 Å². The molecule has 2 aliphatic rings. The standard InChI is InChI=1S/C6H5NO3.C4H5NO3.C3H5NS2/c8-6-3-1-5(2-4-6)7(9)10;6-3-1-2-4(7)5(3)8;5-3-4-1-2-6-3/h1-4,8H;8H,1-2H2;1-2H2,(H,4,5). The summed E-state index contributed by atoms with van der Waals surface area (Å²) < 4.78 is 0.954. The van der Waals surface area contributed by atoms with E-state index in [-0.39, 0.29) is 29.3 Å². The number of aromatic hydroxyl groups is 1. The summed E-state index contributed by atoms with van der Waals surface area (Å²) in [7, 11) is 0. The van der Waals surface area contributed by atoms with Crippen molar-refractivity contribution in [3.63, 3.8) is 0 Å². The van der Waals surface area contributed by atoms with E-state index in [9.17, 15) is 19.7 Å². The maximum absolute atomic E-state index is 10.2. The van der Waals surface area contributed by atoms with E-state index in [1.165, 1.54) is 24.3 Å². The third-order valence-electron chi connectivity index (χ3n) is 2.69. The summed E-state index contributed by atoms with van der Waals surface area (Å²) in [5.41, 5.74) is -0.0159. The Bertz CT molecular complexity index is 599. The number of benzene rings is 1. The Morgan fingerprint density at radius 1 is 1.21 bits per heavy atom. The molecule has 2 fully saturated rings. The van der Waals surface area contributed by atoms with Crippen LogP contribution in [-0.2, 0) is 9.59 Å². The quantitative estimate of drug-likeness (QED) is 0.220. The number of hydrogen-bond donors (Lipinski definition) is 3. The Hall–Kier alpha value is -2.24. The zero-order chi connectivity index (χ0) is 18.1. The van der Waals surface area contributed by atoms with Gasteiger partial charge in [0.2, 0.25) is 0 Å². The monoisotopic (exact) mass is 373 g/mol. The lowest BCUT2D eigenvalue weighted by atomic mass is 10.3. The fraction of sp³-hybridized carbons (Fsp3) is 0.308. The average Bonchev–Trinajstić information content (AvgIpc) is 3.14. The zero-order valence-corrected chi connectivity index (χ0v) is 14.0. The minimum atomic E-state index is -0.514. The molecule has 3 rings (SSSR count). The van der Waals surface area contributed by atoms with E-state index in [0.717, 1.165) is 16.6 Å². The van der Waals surface area contributed by atoms with Gasteiger partial charge in [-0.2, -0.15) is 5.06 Å². The Labute approximate surface area is 146 Å². The van der Waals surface area contributed by atoms with Crippen molar-refractivity contribution in [3.05, 3.63) is 34.4 Å². The van der Waals surface area contributed by atoms with Crippen LogP contribution in [0.3, 0.4) is 0 Å². The smallest absolute Gasteiger partial charge is 0.269 e. The summed E-state index contributed by atoms with van der Waals surface area (Å²) in [6.45, 7) is 1.06. The topological polar surface area (TPSA) is 133 Å². The summed E-state index contributed by atoms with van der Waals surface area (Å²) >= 11 is 6.49. The predicted octanol–water partition coefficient (Wildman–Crippen LogP) is 1.43. The van der Waals surface area contributed by atoms with Gasteiger partial charge >= 0.3 is 0 Å². The highest BCUT2D eigenvalue weighted by Gasteiger charge is 2.26. The minimum Gasteiger partial charge on any atom is -0.508 e. The Kier molecular flexibility index (Phi) is 8.09. The number of hydroxylamine groups is 2. The highest BCUT2D eigenvalue weighted by atomic mass is 32.2. The fourth-order valence-electron chi connectivity index (χ4n) is 1.49. The molecule has 24 heavy (non-hydrogen) atoms. The van der Waals surface area contributed by atoms with Crippen LogP contribution in [0.4, 0.5) is 5.69 Å². The number of nitrogens with zero attached hydrogens (tertiary/aromatic N) is 2. The first kappa shape index (κ1) is 19.8. The van der Waals surface area contributed by atoms with E-state index in [1.54, 1.807) is 11.8 Å². The van der Waals surface area contributed by atoms with Gasteiger partial charge in [-0.25, -0.2) is 0 Å². The van der Waals surface area contributed by atoms with Crippen LogP contribution < -0.4 is 5.32 Å². The van der Waals surface area contributed by atoms with Gasteiger partial charge in [0.25, 0.3) is 17.5 Å². The van der Waals surface area contributed by atoms with Crippen LogP contribution in [0.2, 0.25) is 0 Å². The molecule has 0 atom stereocenters. The maximum atomic E-state index is 10.2. The SMILES string of the molecule is O=C1CCC(=O)N1O.O=[N+]([O-])c1ccc(O)cc1.S=C1NCCS1. The summed E-state index contributed by atoms with van der Waals surface area (Å²) in [6, 6.07) is 5.04. The van der Waals surface area contributed by atoms with Crippen LogP contribution in [-0.4, -0.2) is 48.7 Å². The number of phenols is 1. The summed E-state index contributed by atoms with van der Waals surface area (Å²) in [4.78, 5) is 30.0. The third-order valence-corrected chi connectivity index (χ3v) is 4.00. The zero-order valence-electron chi connectivity index (χ0n) is 12.4. The predicted molar refractivity (Wildman–Crippen MR) is 90.7 cm³/mol. The van der Waals surface area contributed by atoms with Crippen LogP contribution in [0.15, 0.2) is 24.3 Å². The van der Waals surface area contributed by atoms with Crippen molar-refractivity contribution in [3.8, 4) is 5.75 Å². The molecule has 1 aromatic carbocycles. The molecule has 9 nitrogen and oxygen atoms in total. The lowest BCUT2D eigenvalue weighted by Gasteiger charge is -1.98. The number of amides is 2. The van der Waals surface area contributed by atoms with Gasteiger partial charge in [-0.3, -0.25) is 24.9 Å². The van der Waals surface area contributed by atoms with E-state index in [4.69, 9.17) is 22.5 Å². The summed E-state index contributed by atoms with van der Waals surface area (Å²) in [5, 5.41) is 30.3. The number of thiocarbonyl (C=S) groups is 1. The van der Waals surface area contributed by atoms with E-state index in [0.29, 0.717) is 0 Å². The van der Waals surface area contributed by atoms with Crippen LogP contribution in [0.1, 0.15) is 12.8 Å². The van der Waals surface area contributed by atoms with Gasteiger partial charge in [-0.1, -0.05) is 24.0 Å². The second kappa shape index (κ2) is 9.80. The normalized spacial score (nSPS) is 15.9. The first-order valence-electron chi connectivity index (χ1n) is 6.70. The molecule has 11 heteroatoms. The number of carbonyl (C=O) groups is 2. The van der Waals surface area contributed by atoms with Gasteiger partial charge in [0.05, 0.1) is 4.92 Å². The van der Waals surface area contributed by atoms with E-state index >= 15 is 0 Å². The van der Waals surface area contributed by atoms with Crippen molar-refractivity contribution in [1.29, 1.82) is 0 Å². The van der Waals surface area contributed by atoms with Crippen molar-refractivity contribution in [1.82, 2.24) is 10.4 Å². The number of rotatable bonds is 1. The average molecular weight is 373 g/mol. The van der Waals surface area contributed by atoms with Gasteiger partial charge in [0.15, 0.2) is 0 Å². The number of nitro benzene ring substituents is 1. The van der Waals surface area contributed by atoms with Crippen LogP contribution in [0.5, 0.6) is 5.75 Å². The molecule has 0 radical (unpaired) electrons. The van der Waals surface area contributed by atoms with Crippen molar-refractivity contribution in [2.75, 3.05) is 12.3 Å². The molecule has 2 aliphatic heterocycles. The molecule has 0 unspecified atom stereocenters. The van der Waals surface area contributed by atoms with Gasteiger partial charge in [-0.15, -0.1) is 0 Å². The second-order valence-corrected chi connectivity index (χ2v) is 6.21.